The molecule has 0 saturated carbocycles. The number of amides is 1. The maximum atomic E-state index is 14.2. The first kappa shape index (κ1) is 28.9. The molecule has 6 atom stereocenters. The number of ether oxygens (including phenoxy) is 1. The number of nitrogens with zero attached hydrogens (tertiary/aromatic N) is 3. The Hall–Kier alpha value is -3.63. The largest absolute Gasteiger partial charge is 0.510 e. The van der Waals surface area contributed by atoms with Crippen molar-refractivity contribution in [2.45, 2.75) is 62.0 Å². The molecule has 2 unspecified atom stereocenters. The molecule has 1 aromatic carbocycles. The first-order chi connectivity index (χ1) is 19.0. The number of likely N-dealkylation sites (N-methyl/N-ethyl adjacent to an activating group) is 1. The molecule has 3 aliphatic carbocycles. The Balaban J connectivity index is 1.68. The number of primary amides is 1. The van der Waals surface area contributed by atoms with Gasteiger partial charge in [-0.15, -0.1) is 0 Å². The molecule has 220 valence electrons. The summed E-state index contributed by atoms with van der Waals surface area (Å²) in [6.07, 6.45) is 1.33. The molecule has 0 radical (unpaired) electrons. The molecule has 1 aliphatic heterocycles. The van der Waals surface area contributed by atoms with Crippen LogP contribution in [0.2, 0.25) is 0 Å². The third-order valence-electron chi connectivity index (χ3n) is 9.17. The molecule has 0 bridgehead atoms. The van der Waals surface area contributed by atoms with E-state index in [-0.39, 0.29) is 42.6 Å². The number of fused-ring (bicyclic) bond motifs is 2. The average Bonchev–Trinajstić information content (AvgIpc) is 3.49. The fourth-order valence-electron chi connectivity index (χ4n) is 7.36. The van der Waals surface area contributed by atoms with E-state index in [2.05, 4.69) is 6.07 Å². The fourth-order valence-corrected chi connectivity index (χ4v) is 7.36. The number of epoxide rings is 1. The van der Waals surface area contributed by atoms with Crippen LogP contribution in [0.25, 0.3) is 0 Å². The molecular formula is C29H37N5O7. The molecule has 4 aliphatic rings. The number of anilines is 1. The van der Waals surface area contributed by atoms with Crippen LogP contribution in [0, 0.1) is 23.2 Å². The smallest absolute Gasteiger partial charge is 0.253 e. The van der Waals surface area contributed by atoms with Gasteiger partial charge in [0.1, 0.15) is 22.8 Å². The van der Waals surface area contributed by atoms with Crippen molar-refractivity contribution in [3.63, 3.8) is 0 Å². The quantitative estimate of drug-likeness (QED) is 0.255. The molecule has 1 amide bonds. The minimum Gasteiger partial charge on any atom is -0.510 e. The van der Waals surface area contributed by atoms with Crippen molar-refractivity contribution in [2.24, 2.45) is 23.3 Å². The number of allylic oxidation sites excluding steroid dienone is 1. The minimum atomic E-state index is -2.40. The van der Waals surface area contributed by atoms with E-state index in [1.54, 1.807) is 32.0 Å². The van der Waals surface area contributed by atoms with Gasteiger partial charge in [-0.25, -0.2) is 0 Å². The predicted octanol–water partition coefficient (Wildman–Crippen LogP) is 0.908. The van der Waals surface area contributed by atoms with Crippen molar-refractivity contribution in [3.05, 3.63) is 45.4 Å². The van der Waals surface area contributed by atoms with E-state index in [0.717, 1.165) is 0 Å². The number of hydrogen-bond donors (Lipinski definition) is 6. The highest BCUT2D eigenvalue weighted by atomic mass is 16.8. The van der Waals surface area contributed by atoms with E-state index in [4.69, 9.17) is 21.5 Å². The summed E-state index contributed by atoms with van der Waals surface area (Å²) in [5, 5.41) is 54.7. The fraction of sp³-hybridized carbons (Fsp3) is 0.552. The zero-order chi connectivity index (χ0) is 30.4. The molecule has 12 heteroatoms. The standard InChI is InChI=1S/C29H37N5O7/c1-27(32,7-6-8-30)12-14-11-17(33(2)3)15-9-13-10-16-21(34(4)5)24(37)20(26(31)39)29(40)28(16,41-29)25(38)18(13)23(36)19(15)22(14)35/h11,13,16,21,35,37-38,40H,6-7,9-10,12,32H2,1-5H3,(H2,31,39)/t13-,16-,21-,27?,28-,29?/m0/s1. The third-order valence-corrected chi connectivity index (χ3v) is 9.17. The molecule has 1 heterocycles. The summed E-state index contributed by atoms with van der Waals surface area (Å²) >= 11 is 0. The number of aliphatic hydroxyl groups excluding tert-OH is 2. The number of carbonyl (C=O) groups is 2. The lowest BCUT2D eigenvalue weighted by Gasteiger charge is -2.46. The van der Waals surface area contributed by atoms with Crippen molar-refractivity contribution >= 4 is 17.4 Å². The summed E-state index contributed by atoms with van der Waals surface area (Å²) in [6, 6.07) is 3.05. The Kier molecular flexibility index (Phi) is 6.47. The topological polar surface area (TPSA) is 210 Å². The van der Waals surface area contributed by atoms with E-state index in [1.165, 1.54) is 0 Å². The molecule has 0 aromatic heterocycles. The molecule has 8 N–H and O–H groups in total. The highest BCUT2D eigenvalue weighted by molar-refractivity contribution is 6.15. The Morgan fingerprint density at radius 3 is 2.49 bits per heavy atom. The van der Waals surface area contributed by atoms with Crippen molar-refractivity contribution < 1.29 is 34.8 Å². The van der Waals surface area contributed by atoms with Gasteiger partial charge in [0.25, 0.3) is 5.91 Å². The first-order valence-corrected chi connectivity index (χ1v) is 13.6. The lowest BCUT2D eigenvalue weighted by molar-refractivity contribution is -0.117. The van der Waals surface area contributed by atoms with Crippen LogP contribution in [0.15, 0.2) is 28.7 Å². The highest BCUT2D eigenvalue weighted by Gasteiger charge is 2.84. The monoisotopic (exact) mass is 567 g/mol. The number of rotatable bonds is 7. The van der Waals surface area contributed by atoms with Gasteiger partial charge in [-0.05, 0) is 69.8 Å². The van der Waals surface area contributed by atoms with Crippen molar-refractivity contribution in [1.29, 1.82) is 5.26 Å². The van der Waals surface area contributed by atoms with E-state index in [0.29, 0.717) is 23.2 Å². The van der Waals surface area contributed by atoms with Crippen molar-refractivity contribution in [2.75, 3.05) is 33.1 Å². The van der Waals surface area contributed by atoms with Crippen LogP contribution in [-0.4, -0.2) is 88.2 Å². The summed E-state index contributed by atoms with van der Waals surface area (Å²) < 4.78 is 5.74. The lowest BCUT2D eigenvalue weighted by atomic mass is 9.60. The Morgan fingerprint density at radius 1 is 1.27 bits per heavy atom. The number of aromatic hydroxyl groups is 1. The molecule has 1 fully saturated rings. The number of carbonyl (C=O) groups excluding carboxylic acids is 2. The second kappa shape index (κ2) is 9.19. The zero-order valence-corrected chi connectivity index (χ0v) is 23.9. The first-order valence-electron chi connectivity index (χ1n) is 13.6. The van der Waals surface area contributed by atoms with Crippen LogP contribution in [0.5, 0.6) is 5.75 Å². The Labute approximate surface area is 238 Å². The average molecular weight is 568 g/mol. The number of aliphatic hydroxyl groups is 3. The highest BCUT2D eigenvalue weighted by Crippen LogP contribution is 2.68. The molecule has 1 aromatic rings. The van der Waals surface area contributed by atoms with Gasteiger partial charge in [-0.2, -0.15) is 5.26 Å². The molecular weight excluding hydrogens is 530 g/mol. The normalized spacial score (nSPS) is 31.5. The van der Waals surface area contributed by atoms with Crippen LogP contribution >= 0.6 is 0 Å². The van der Waals surface area contributed by atoms with Gasteiger partial charge >= 0.3 is 0 Å². The van der Waals surface area contributed by atoms with Gasteiger partial charge in [-0.3, -0.25) is 14.5 Å². The lowest BCUT2D eigenvalue weighted by Crippen LogP contribution is -2.57. The Bertz CT molecular complexity index is 1470. The Morgan fingerprint density at radius 2 is 1.93 bits per heavy atom. The van der Waals surface area contributed by atoms with Gasteiger partial charge in [0, 0.05) is 43.2 Å². The number of Topliss-reactive ketones (excluding diaryl/α,β-unsaturated/α-hetero) is 1. The number of ketones is 1. The maximum Gasteiger partial charge on any atom is 0.253 e. The summed E-state index contributed by atoms with van der Waals surface area (Å²) in [5.74, 6) is -6.57. The van der Waals surface area contributed by atoms with Crippen LogP contribution in [0.4, 0.5) is 5.69 Å². The van der Waals surface area contributed by atoms with Gasteiger partial charge < -0.3 is 41.5 Å². The van der Waals surface area contributed by atoms with Crippen molar-refractivity contribution in [1.82, 2.24) is 4.90 Å². The van der Waals surface area contributed by atoms with Gasteiger partial charge in [-0.1, -0.05) is 0 Å². The van der Waals surface area contributed by atoms with E-state index in [9.17, 15) is 30.0 Å². The third kappa shape index (κ3) is 3.87. The number of benzene rings is 1. The molecule has 41 heavy (non-hydrogen) atoms. The number of phenols is 1. The summed E-state index contributed by atoms with van der Waals surface area (Å²) in [7, 11) is 7.02. The molecule has 1 saturated heterocycles. The molecule has 1 spiro atoms. The van der Waals surface area contributed by atoms with E-state index < -0.39 is 63.6 Å². The second-order valence-electron chi connectivity index (χ2n) is 12.5. The number of hydrogen-bond acceptors (Lipinski definition) is 11. The van der Waals surface area contributed by atoms with E-state index in [1.807, 2.05) is 19.0 Å². The zero-order valence-electron chi connectivity index (χ0n) is 23.9. The maximum absolute atomic E-state index is 14.2. The van der Waals surface area contributed by atoms with E-state index >= 15 is 0 Å². The van der Waals surface area contributed by atoms with Crippen LogP contribution in [-0.2, 0) is 22.4 Å². The summed E-state index contributed by atoms with van der Waals surface area (Å²) in [5.41, 5.74) is 10.5. The van der Waals surface area contributed by atoms with Crippen LogP contribution in [0.1, 0.15) is 47.7 Å². The van der Waals surface area contributed by atoms with Gasteiger partial charge in [0.15, 0.2) is 11.4 Å². The minimum absolute atomic E-state index is 0.00969. The molecule has 12 nitrogen and oxygen atoms in total. The second-order valence-corrected chi connectivity index (χ2v) is 12.5. The summed E-state index contributed by atoms with van der Waals surface area (Å²) in [6.45, 7) is 1.78. The number of phenolic OH excluding ortho intramolecular Hbond substituents is 1. The number of nitrogens with two attached hydrogens (primary N) is 2. The van der Waals surface area contributed by atoms with Gasteiger partial charge in [0.2, 0.25) is 5.79 Å². The SMILES string of the molecule is CN(C)c1cc(CC(C)(N)CCC#N)c(O)c2c1C[C@H]1C[C@H]3[C@H](N(C)C)C(O)=C(C(N)=O)C4(O)O[C@]34C(O)=C1C2=O. The predicted molar refractivity (Wildman–Crippen MR) is 148 cm³/mol. The van der Waals surface area contributed by atoms with Crippen molar-refractivity contribution in [3.8, 4) is 11.8 Å². The van der Waals surface area contributed by atoms with Crippen LogP contribution in [0.3, 0.4) is 0 Å². The summed E-state index contributed by atoms with van der Waals surface area (Å²) in [4.78, 5) is 30.1. The molecule has 5 rings (SSSR count). The van der Waals surface area contributed by atoms with Crippen LogP contribution < -0.4 is 16.4 Å². The van der Waals surface area contributed by atoms with Gasteiger partial charge in [0.05, 0.1) is 17.7 Å². The number of nitriles is 1.